The van der Waals surface area contributed by atoms with Crippen molar-refractivity contribution in [1.29, 1.82) is 0 Å². The third-order valence-corrected chi connectivity index (χ3v) is 5.25. The quantitative estimate of drug-likeness (QED) is 0.692. The first kappa shape index (κ1) is 18.5. The number of ether oxygens (including phenoxy) is 2. The van der Waals surface area contributed by atoms with Crippen LogP contribution in [0.4, 0.5) is 17.5 Å². The highest BCUT2D eigenvalue weighted by molar-refractivity contribution is 5.90. The average molecular weight is 378 g/mol. The molecule has 0 radical (unpaired) electrons. The Balaban J connectivity index is 1.62. The molecule has 0 amide bonds. The normalized spacial score (nSPS) is 14.8. The van der Waals surface area contributed by atoms with Crippen molar-refractivity contribution in [3.8, 4) is 5.75 Å². The predicted octanol–water partition coefficient (Wildman–Crippen LogP) is 4.24. The van der Waals surface area contributed by atoms with Gasteiger partial charge >= 0.3 is 0 Å². The van der Waals surface area contributed by atoms with Crippen LogP contribution in [0.2, 0.25) is 0 Å². The number of methoxy groups -OCH3 is 1. The van der Waals surface area contributed by atoms with Gasteiger partial charge in [0.05, 0.1) is 12.6 Å². The molecule has 6 nitrogen and oxygen atoms in total. The van der Waals surface area contributed by atoms with Gasteiger partial charge in [-0.1, -0.05) is 12.1 Å². The Morgan fingerprint density at radius 3 is 2.57 bits per heavy atom. The van der Waals surface area contributed by atoms with Crippen molar-refractivity contribution < 1.29 is 9.47 Å². The summed E-state index contributed by atoms with van der Waals surface area (Å²) in [6, 6.07) is 16.0. The fourth-order valence-corrected chi connectivity index (χ4v) is 3.46. The Hall–Kier alpha value is -2.86. The highest BCUT2D eigenvalue weighted by Gasteiger charge is 2.16. The number of hydrogen-bond donors (Lipinski definition) is 1. The SMILES string of the molecule is COc1ccc(N(C)c2nc(NCC3CCOCC3)c3ccccc3n2)cc1. The maximum absolute atomic E-state index is 5.47. The fraction of sp³-hybridized carbons (Fsp3) is 0.364. The lowest BCUT2D eigenvalue weighted by Gasteiger charge is -2.23. The Morgan fingerprint density at radius 2 is 1.82 bits per heavy atom. The van der Waals surface area contributed by atoms with Crippen LogP contribution in [0.1, 0.15) is 12.8 Å². The Bertz CT molecular complexity index is 923. The molecule has 1 aliphatic rings. The highest BCUT2D eigenvalue weighted by Crippen LogP contribution is 2.28. The van der Waals surface area contributed by atoms with Crippen LogP contribution in [0.15, 0.2) is 48.5 Å². The summed E-state index contributed by atoms with van der Waals surface area (Å²) in [4.78, 5) is 11.6. The van der Waals surface area contributed by atoms with Gasteiger partial charge in [-0.25, -0.2) is 4.98 Å². The number of hydrogen-bond acceptors (Lipinski definition) is 6. The molecule has 0 atom stereocenters. The molecule has 0 unspecified atom stereocenters. The van der Waals surface area contributed by atoms with Crippen molar-refractivity contribution in [3.05, 3.63) is 48.5 Å². The topological polar surface area (TPSA) is 59.5 Å². The number of nitrogens with zero attached hydrogens (tertiary/aromatic N) is 3. The molecule has 0 bridgehead atoms. The van der Waals surface area contributed by atoms with E-state index in [0.29, 0.717) is 11.9 Å². The van der Waals surface area contributed by atoms with Crippen LogP contribution in [-0.4, -0.2) is 43.9 Å². The van der Waals surface area contributed by atoms with E-state index in [1.165, 1.54) is 0 Å². The summed E-state index contributed by atoms with van der Waals surface area (Å²) in [5, 5.41) is 4.61. The first-order valence-electron chi connectivity index (χ1n) is 9.71. The average Bonchev–Trinajstić information content (AvgIpc) is 2.77. The molecule has 6 heteroatoms. The van der Waals surface area contributed by atoms with E-state index in [1.807, 2.05) is 54.4 Å². The van der Waals surface area contributed by atoms with Crippen molar-refractivity contribution in [1.82, 2.24) is 9.97 Å². The lowest BCUT2D eigenvalue weighted by Crippen LogP contribution is -2.23. The van der Waals surface area contributed by atoms with E-state index in [2.05, 4.69) is 11.4 Å². The predicted molar refractivity (Wildman–Crippen MR) is 113 cm³/mol. The van der Waals surface area contributed by atoms with Crippen molar-refractivity contribution in [3.63, 3.8) is 0 Å². The number of fused-ring (bicyclic) bond motifs is 1. The minimum absolute atomic E-state index is 0.616. The molecule has 2 aromatic carbocycles. The number of rotatable bonds is 6. The second-order valence-electron chi connectivity index (χ2n) is 7.08. The van der Waals surface area contributed by atoms with E-state index < -0.39 is 0 Å². The molecule has 1 saturated heterocycles. The third-order valence-electron chi connectivity index (χ3n) is 5.25. The standard InChI is InChI=1S/C22H26N4O2/c1-26(17-7-9-18(27-2)10-8-17)22-24-20-6-4-3-5-19(20)21(25-22)23-15-16-11-13-28-14-12-16/h3-10,16H,11-15H2,1-2H3,(H,23,24,25). The summed E-state index contributed by atoms with van der Waals surface area (Å²) < 4.78 is 10.7. The molecular weight excluding hydrogens is 352 g/mol. The number of nitrogens with one attached hydrogen (secondary N) is 1. The molecule has 1 aliphatic heterocycles. The van der Waals surface area contributed by atoms with Gasteiger partial charge in [-0.3, -0.25) is 0 Å². The monoisotopic (exact) mass is 378 g/mol. The molecule has 0 aliphatic carbocycles. The van der Waals surface area contributed by atoms with Crippen molar-refractivity contribution >= 4 is 28.4 Å². The van der Waals surface area contributed by atoms with Crippen LogP contribution in [0.25, 0.3) is 10.9 Å². The molecular formula is C22H26N4O2. The smallest absolute Gasteiger partial charge is 0.232 e. The van der Waals surface area contributed by atoms with Crippen LogP contribution >= 0.6 is 0 Å². The van der Waals surface area contributed by atoms with Crippen LogP contribution in [0.3, 0.4) is 0 Å². The summed E-state index contributed by atoms with van der Waals surface area (Å²) in [5.74, 6) is 2.99. The molecule has 0 spiro atoms. The molecule has 3 aromatic rings. The molecule has 2 heterocycles. The van der Waals surface area contributed by atoms with Gasteiger partial charge in [0, 0.05) is 37.9 Å². The van der Waals surface area contributed by atoms with E-state index in [4.69, 9.17) is 19.4 Å². The summed E-state index contributed by atoms with van der Waals surface area (Å²) in [5.41, 5.74) is 1.94. The minimum atomic E-state index is 0.616. The molecule has 28 heavy (non-hydrogen) atoms. The van der Waals surface area contributed by atoms with E-state index in [-0.39, 0.29) is 0 Å². The Morgan fingerprint density at radius 1 is 1.07 bits per heavy atom. The number of para-hydroxylation sites is 1. The van der Waals surface area contributed by atoms with E-state index in [1.54, 1.807) is 7.11 Å². The minimum Gasteiger partial charge on any atom is -0.497 e. The maximum atomic E-state index is 5.47. The first-order chi connectivity index (χ1) is 13.7. The summed E-state index contributed by atoms with van der Waals surface area (Å²) in [7, 11) is 3.65. The van der Waals surface area contributed by atoms with Gasteiger partial charge < -0.3 is 19.7 Å². The van der Waals surface area contributed by atoms with Crippen LogP contribution < -0.4 is 15.0 Å². The molecule has 0 saturated carbocycles. The fourth-order valence-electron chi connectivity index (χ4n) is 3.46. The number of benzene rings is 2. The summed E-state index contributed by atoms with van der Waals surface area (Å²) in [6.07, 6.45) is 2.18. The van der Waals surface area contributed by atoms with Crippen LogP contribution in [0.5, 0.6) is 5.75 Å². The highest BCUT2D eigenvalue weighted by atomic mass is 16.5. The van der Waals surface area contributed by atoms with Gasteiger partial charge in [-0.15, -0.1) is 0 Å². The second-order valence-corrected chi connectivity index (χ2v) is 7.08. The lowest BCUT2D eigenvalue weighted by molar-refractivity contribution is 0.0699. The molecule has 4 rings (SSSR count). The van der Waals surface area contributed by atoms with Gasteiger partial charge in [0.1, 0.15) is 11.6 Å². The zero-order valence-electron chi connectivity index (χ0n) is 16.4. The zero-order chi connectivity index (χ0) is 19.3. The van der Waals surface area contributed by atoms with Gasteiger partial charge in [0.25, 0.3) is 0 Å². The van der Waals surface area contributed by atoms with Gasteiger partial charge in [-0.2, -0.15) is 4.98 Å². The molecule has 1 fully saturated rings. The van der Waals surface area contributed by atoms with Crippen molar-refractivity contribution in [2.45, 2.75) is 12.8 Å². The Labute approximate surface area is 165 Å². The van der Waals surface area contributed by atoms with Crippen molar-refractivity contribution in [2.75, 3.05) is 44.1 Å². The summed E-state index contributed by atoms with van der Waals surface area (Å²) in [6.45, 7) is 2.60. The second kappa shape index (κ2) is 8.44. The molecule has 146 valence electrons. The Kier molecular flexibility index (Phi) is 5.58. The molecule has 1 N–H and O–H groups in total. The lowest BCUT2D eigenvalue weighted by atomic mass is 10.0. The van der Waals surface area contributed by atoms with Crippen LogP contribution in [0, 0.1) is 5.92 Å². The molecule has 1 aromatic heterocycles. The summed E-state index contributed by atoms with van der Waals surface area (Å²) >= 11 is 0. The largest absolute Gasteiger partial charge is 0.497 e. The van der Waals surface area contributed by atoms with E-state index in [9.17, 15) is 0 Å². The third kappa shape index (κ3) is 4.02. The van der Waals surface area contributed by atoms with Crippen molar-refractivity contribution in [2.24, 2.45) is 5.92 Å². The van der Waals surface area contributed by atoms with Gasteiger partial charge in [0.15, 0.2) is 0 Å². The van der Waals surface area contributed by atoms with Crippen LogP contribution in [-0.2, 0) is 4.74 Å². The first-order valence-corrected chi connectivity index (χ1v) is 9.71. The van der Waals surface area contributed by atoms with E-state index in [0.717, 1.165) is 60.8 Å². The van der Waals surface area contributed by atoms with Gasteiger partial charge in [-0.05, 0) is 55.2 Å². The number of anilines is 3. The van der Waals surface area contributed by atoms with E-state index >= 15 is 0 Å². The maximum Gasteiger partial charge on any atom is 0.232 e. The zero-order valence-corrected chi connectivity index (χ0v) is 16.4. The number of aromatic nitrogens is 2. The van der Waals surface area contributed by atoms with Gasteiger partial charge in [0.2, 0.25) is 5.95 Å².